The first-order valence-electron chi connectivity index (χ1n) is 6.82. The molecule has 0 amide bonds. The van der Waals surface area contributed by atoms with Gasteiger partial charge in [0.1, 0.15) is 0 Å². The third-order valence-corrected chi connectivity index (χ3v) is 4.33. The maximum Gasteiger partial charge on any atom is 0.0588 e. The standard InChI is InChI=1S/C13H24BrNO/c14-8-10-15(12-4-1-2-5-12)9-7-13-6-3-11-16-13/h12-13H,1-11H2. The first-order valence-corrected chi connectivity index (χ1v) is 7.94. The minimum atomic E-state index is 0.555. The quantitative estimate of drug-likeness (QED) is 0.697. The zero-order valence-corrected chi connectivity index (χ0v) is 11.8. The van der Waals surface area contributed by atoms with Gasteiger partial charge in [0.2, 0.25) is 0 Å². The fraction of sp³-hybridized carbons (Fsp3) is 1.00. The third-order valence-electron chi connectivity index (χ3n) is 3.98. The van der Waals surface area contributed by atoms with Gasteiger partial charge in [-0.2, -0.15) is 0 Å². The molecule has 1 unspecified atom stereocenters. The molecule has 3 heteroatoms. The molecule has 0 aromatic rings. The molecule has 1 saturated carbocycles. The minimum Gasteiger partial charge on any atom is -0.378 e. The summed E-state index contributed by atoms with van der Waals surface area (Å²) in [6, 6.07) is 0.860. The van der Waals surface area contributed by atoms with Crippen LogP contribution in [-0.4, -0.2) is 42.1 Å². The van der Waals surface area contributed by atoms with Gasteiger partial charge in [0.05, 0.1) is 6.10 Å². The molecular formula is C13H24BrNO. The lowest BCUT2D eigenvalue weighted by atomic mass is 10.1. The zero-order valence-electron chi connectivity index (χ0n) is 10.2. The van der Waals surface area contributed by atoms with Gasteiger partial charge in [0.25, 0.3) is 0 Å². The SMILES string of the molecule is BrCCN(CCC1CCCO1)C1CCCC1. The van der Waals surface area contributed by atoms with Crippen LogP contribution in [0, 0.1) is 0 Å². The Labute approximate surface area is 108 Å². The Balaban J connectivity index is 1.72. The highest BCUT2D eigenvalue weighted by Gasteiger charge is 2.23. The number of hydrogen-bond donors (Lipinski definition) is 0. The lowest BCUT2D eigenvalue weighted by Crippen LogP contribution is -2.36. The van der Waals surface area contributed by atoms with Crippen molar-refractivity contribution in [3.05, 3.63) is 0 Å². The Hall–Kier alpha value is 0.400. The fourth-order valence-corrected chi connectivity index (χ4v) is 3.49. The van der Waals surface area contributed by atoms with Crippen LogP contribution in [0.1, 0.15) is 44.9 Å². The van der Waals surface area contributed by atoms with Gasteiger partial charge in [-0.25, -0.2) is 0 Å². The molecular weight excluding hydrogens is 266 g/mol. The summed E-state index contributed by atoms with van der Waals surface area (Å²) < 4.78 is 5.71. The second-order valence-electron chi connectivity index (χ2n) is 5.09. The number of halogens is 1. The summed E-state index contributed by atoms with van der Waals surface area (Å²) in [4.78, 5) is 2.68. The summed E-state index contributed by atoms with van der Waals surface area (Å²) >= 11 is 3.58. The molecule has 0 aromatic carbocycles. The molecule has 2 aliphatic rings. The van der Waals surface area contributed by atoms with Gasteiger partial charge in [-0.3, -0.25) is 4.90 Å². The molecule has 2 nitrogen and oxygen atoms in total. The highest BCUT2D eigenvalue weighted by molar-refractivity contribution is 9.09. The van der Waals surface area contributed by atoms with Crippen molar-refractivity contribution in [2.24, 2.45) is 0 Å². The first kappa shape index (κ1) is 12.8. The van der Waals surface area contributed by atoms with Gasteiger partial charge in [-0.15, -0.1) is 0 Å². The highest BCUT2D eigenvalue weighted by Crippen LogP contribution is 2.24. The molecule has 1 atom stereocenters. The largest absolute Gasteiger partial charge is 0.378 e. The Bertz CT molecular complexity index is 188. The second kappa shape index (κ2) is 6.97. The molecule has 1 aliphatic heterocycles. The van der Waals surface area contributed by atoms with Crippen LogP contribution in [0.2, 0.25) is 0 Å². The Morgan fingerprint density at radius 3 is 2.50 bits per heavy atom. The predicted molar refractivity (Wildman–Crippen MR) is 71.2 cm³/mol. The third kappa shape index (κ3) is 3.71. The normalized spacial score (nSPS) is 27.0. The van der Waals surface area contributed by atoms with Gasteiger partial charge < -0.3 is 4.74 Å². The van der Waals surface area contributed by atoms with E-state index in [1.54, 1.807) is 0 Å². The molecule has 0 aromatic heterocycles. The van der Waals surface area contributed by atoms with E-state index in [1.807, 2.05) is 0 Å². The van der Waals surface area contributed by atoms with E-state index in [0.717, 1.165) is 18.0 Å². The highest BCUT2D eigenvalue weighted by atomic mass is 79.9. The number of nitrogens with zero attached hydrogens (tertiary/aromatic N) is 1. The van der Waals surface area contributed by atoms with Crippen LogP contribution < -0.4 is 0 Å². The van der Waals surface area contributed by atoms with Crippen LogP contribution in [0.15, 0.2) is 0 Å². The van der Waals surface area contributed by atoms with E-state index in [-0.39, 0.29) is 0 Å². The van der Waals surface area contributed by atoms with Gasteiger partial charge in [0.15, 0.2) is 0 Å². The lowest BCUT2D eigenvalue weighted by Gasteiger charge is -2.29. The summed E-state index contributed by atoms with van der Waals surface area (Å²) in [6.07, 6.45) is 10.0. The number of ether oxygens (including phenoxy) is 1. The average Bonchev–Trinajstić information content (AvgIpc) is 2.96. The van der Waals surface area contributed by atoms with Crippen LogP contribution in [0.3, 0.4) is 0 Å². The first-order chi connectivity index (χ1) is 7.90. The van der Waals surface area contributed by atoms with Crippen LogP contribution in [0.5, 0.6) is 0 Å². The van der Waals surface area contributed by atoms with Crippen molar-refractivity contribution in [1.82, 2.24) is 4.90 Å². The maximum absolute atomic E-state index is 5.71. The summed E-state index contributed by atoms with van der Waals surface area (Å²) in [6.45, 7) is 3.44. The molecule has 2 fully saturated rings. The molecule has 0 spiro atoms. The van der Waals surface area contributed by atoms with Gasteiger partial charge in [0, 0.05) is 31.1 Å². The smallest absolute Gasteiger partial charge is 0.0588 e. The van der Waals surface area contributed by atoms with Crippen molar-refractivity contribution >= 4 is 15.9 Å². The van der Waals surface area contributed by atoms with Crippen molar-refractivity contribution < 1.29 is 4.74 Å². The predicted octanol–water partition coefficient (Wildman–Crippen LogP) is 3.20. The van der Waals surface area contributed by atoms with E-state index < -0.39 is 0 Å². The second-order valence-corrected chi connectivity index (χ2v) is 5.88. The summed E-state index contributed by atoms with van der Waals surface area (Å²) in [5.74, 6) is 0. The molecule has 16 heavy (non-hydrogen) atoms. The van der Waals surface area contributed by atoms with Crippen LogP contribution in [0.4, 0.5) is 0 Å². The Morgan fingerprint density at radius 2 is 1.88 bits per heavy atom. The van der Waals surface area contributed by atoms with E-state index in [0.29, 0.717) is 6.10 Å². The van der Waals surface area contributed by atoms with E-state index >= 15 is 0 Å². The van der Waals surface area contributed by atoms with Gasteiger partial charge in [-0.05, 0) is 32.1 Å². The molecule has 0 N–H and O–H groups in total. The van der Waals surface area contributed by atoms with E-state index in [9.17, 15) is 0 Å². The molecule has 2 rings (SSSR count). The van der Waals surface area contributed by atoms with Crippen LogP contribution >= 0.6 is 15.9 Å². The number of rotatable bonds is 6. The van der Waals surface area contributed by atoms with Crippen molar-refractivity contribution in [2.75, 3.05) is 25.0 Å². The Kier molecular flexibility index (Phi) is 5.60. The molecule has 1 heterocycles. The van der Waals surface area contributed by atoms with E-state index in [1.165, 1.54) is 58.0 Å². The summed E-state index contributed by atoms with van der Waals surface area (Å²) in [5, 5.41) is 1.11. The number of alkyl halides is 1. The monoisotopic (exact) mass is 289 g/mol. The Morgan fingerprint density at radius 1 is 1.06 bits per heavy atom. The molecule has 1 aliphatic carbocycles. The van der Waals surface area contributed by atoms with Crippen molar-refractivity contribution in [3.8, 4) is 0 Å². The molecule has 0 radical (unpaired) electrons. The summed E-state index contributed by atoms with van der Waals surface area (Å²) in [7, 11) is 0. The molecule has 0 bridgehead atoms. The zero-order chi connectivity index (χ0) is 11.2. The lowest BCUT2D eigenvalue weighted by molar-refractivity contribution is 0.0860. The minimum absolute atomic E-state index is 0.555. The van der Waals surface area contributed by atoms with Gasteiger partial charge >= 0.3 is 0 Å². The van der Waals surface area contributed by atoms with Crippen molar-refractivity contribution in [3.63, 3.8) is 0 Å². The van der Waals surface area contributed by atoms with Crippen molar-refractivity contribution in [1.29, 1.82) is 0 Å². The van der Waals surface area contributed by atoms with Crippen LogP contribution in [0.25, 0.3) is 0 Å². The van der Waals surface area contributed by atoms with Gasteiger partial charge in [-0.1, -0.05) is 28.8 Å². The van der Waals surface area contributed by atoms with Crippen LogP contribution in [-0.2, 0) is 4.74 Å². The summed E-state index contributed by atoms with van der Waals surface area (Å²) in [5.41, 5.74) is 0. The fourth-order valence-electron chi connectivity index (χ4n) is 3.04. The average molecular weight is 290 g/mol. The molecule has 94 valence electrons. The number of hydrogen-bond acceptors (Lipinski definition) is 2. The topological polar surface area (TPSA) is 12.5 Å². The van der Waals surface area contributed by atoms with E-state index in [2.05, 4.69) is 20.8 Å². The van der Waals surface area contributed by atoms with E-state index in [4.69, 9.17) is 4.74 Å². The van der Waals surface area contributed by atoms with Crippen molar-refractivity contribution in [2.45, 2.75) is 57.1 Å². The maximum atomic E-state index is 5.71. The molecule has 1 saturated heterocycles.